The van der Waals surface area contributed by atoms with Gasteiger partial charge in [-0.25, -0.2) is 4.39 Å². The zero-order valence-corrected chi connectivity index (χ0v) is 15.1. The Balaban J connectivity index is 1.72. The predicted molar refractivity (Wildman–Crippen MR) is 90.8 cm³/mol. The van der Waals surface area contributed by atoms with E-state index in [4.69, 9.17) is 16.1 Å². The Labute approximate surface area is 154 Å². The van der Waals surface area contributed by atoms with E-state index >= 15 is 0 Å². The van der Waals surface area contributed by atoms with Gasteiger partial charge in [0.15, 0.2) is 5.82 Å². The number of nitrogens with one attached hydrogen (secondary N) is 1. The number of likely N-dealkylation sites (tertiary alicyclic amines) is 1. The van der Waals surface area contributed by atoms with Gasteiger partial charge in [0.1, 0.15) is 5.82 Å². The molecule has 26 heavy (non-hydrogen) atoms. The van der Waals surface area contributed by atoms with Gasteiger partial charge in [-0.1, -0.05) is 22.8 Å². The molecule has 0 unspecified atom stereocenters. The summed E-state index contributed by atoms with van der Waals surface area (Å²) in [5.74, 6) is -0.924. The lowest BCUT2D eigenvalue weighted by atomic mass is 9.95. The van der Waals surface area contributed by atoms with Crippen LogP contribution in [0.4, 0.5) is 4.39 Å². The molecule has 9 heteroatoms. The van der Waals surface area contributed by atoms with E-state index in [1.54, 1.807) is 17.9 Å². The first kappa shape index (κ1) is 18.3. The van der Waals surface area contributed by atoms with E-state index in [2.05, 4.69) is 15.5 Å². The highest BCUT2D eigenvalue weighted by Gasteiger charge is 2.42. The van der Waals surface area contributed by atoms with Gasteiger partial charge in [0.05, 0.1) is 16.9 Å². The molecular weight excluding hydrogens is 363 g/mol. The highest BCUT2D eigenvalue weighted by Crippen LogP contribution is 2.32. The molecule has 7 nitrogen and oxygen atoms in total. The molecule has 1 aromatic heterocycles. The number of rotatable bonds is 4. The molecule has 2 aromatic rings. The van der Waals surface area contributed by atoms with Crippen LogP contribution in [0.1, 0.15) is 30.1 Å². The summed E-state index contributed by atoms with van der Waals surface area (Å²) in [7, 11) is 0. The van der Waals surface area contributed by atoms with E-state index in [9.17, 15) is 14.0 Å². The van der Waals surface area contributed by atoms with Gasteiger partial charge in [-0.3, -0.25) is 9.59 Å². The number of hydrogen-bond donors (Lipinski definition) is 1. The summed E-state index contributed by atoms with van der Waals surface area (Å²) in [6, 6.07) is 4.27. The van der Waals surface area contributed by atoms with Crippen LogP contribution in [0.2, 0.25) is 5.02 Å². The summed E-state index contributed by atoms with van der Waals surface area (Å²) >= 11 is 5.76. The second-order valence-corrected chi connectivity index (χ2v) is 6.69. The van der Waals surface area contributed by atoms with Gasteiger partial charge in [0.2, 0.25) is 17.7 Å². The van der Waals surface area contributed by atoms with Gasteiger partial charge in [-0.2, -0.15) is 4.98 Å². The van der Waals surface area contributed by atoms with Gasteiger partial charge in [-0.15, -0.1) is 0 Å². The van der Waals surface area contributed by atoms with E-state index in [0.717, 1.165) is 0 Å². The summed E-state index contributed by atoms with van der Waals surface area (Å²) in [5.41, 5.74) is 0.677. The molecule has 1 aliphatic rings. The average Bonchev–Trinajstić information content (AvgIpc) is 3.22. The van der Waals surface area contributed by atoms with Crippen molar-refractivity contribution in [3.8, 4) is 0 Å². The third-order valence-electron chi connectivity index (χ3n) is 4.41. The minimum absolute atomic E-state index is 0.000387. The minimum atomic E-state index is -0.513. The fraction of sp³-hybridized carbons (Fsp3) is 0.412. The van der Waals surface area contributed by atoms with Crippen molar-refractivity contribution in [3.63, 3.8) is 0 Å². The number of benzene rings is 1. The SMILES string of the molecule is CC(=O)N1C[C@@H](C(=O)NCc2ccc(F)c(Cl)c2)[C@H](c2nc(C)no2)C1. The largest absolute Gasteiger partial charge is 0.352 e. The number of carbonyl (C=O) groups excluding carboxylic acids is 2. The normalized spacial score (nSPS) is 19.6. The molecule has 3 rings (SSSR count). The van der Waals surface area contributed by atoms with Crippen LogP contribution in [-0.4, -0.2) is 39.9 Å². The summed E-state index contributed by atoms with van der Waals surface area (Å²) < 4.78 is 18.4. The Morgan fingerprint density at radius 2 is 2.19 bits per heavy atom. The first-order valence-corrected chi connectivity index (χ1v) is 8.50. The number of aromatic nitrogens is 2. The molecule has 1 aromatic carbocycles. The molecule has 138 valence electrons. The molecule has 2 atom stereocenters. The van der Waals surface area contributed by atoms with Crippen LogP contribution in [0.3, 0.4) is 0 Å². The molecule has 2 amide bonds. The highest BCUT2D eigenvalue weighted by atomic mass is 35.5. The van der Waals surface area contributed by atoms with Gasteiger partial charge in [0, 0.05) is 26.6 Å². The Bertz CT molecular complexity index is 841. The van der Waals surface area contributed by atoms with Crippen LogP contribution in [0.5, 0.6) is 0 Å². The molecule has 0 aliphatic carbocycles. The van der Waals surface area contributed by atoms with Gasteiger partial charge >= 0.3 is 0 Å². The van der Waals surface area contributed by atoms with Crippen molar-refractivity contribution in [2.45, 2.75) is 26.3 Å². The molecule has 0 radical (unpaired) electrons. The molecular formula is C17H18ClFN4O3. The molecule has 2 heterocycles. The Morgan fingerprint density at radius 3 is 2.81 bits per heavy atom. The first-order valence-electron chi connectivity index (χ1n) is 8.12. The van der Waals surface area contributed by atoms with E-state index in [1.165, 1.54) is 19.1 Å². The molecule has 0 saturated carbocycles. The Kier molecular flexibility index (Phi) is 5.22. The fourth-order valence-corrected chi connectivity index (χ4v) is 3.21. The minimum Gasteiger partial charge on any atom is -0.352 e. The summed E-state index contributed by atoms with van der Waals surface area (Å²) in [5, 5.41) is 6.57. The van der Waals surface area contributed by atoms with Crippen molar-refractivity contribution in [3.05, 3.63) is 46.3 Å². The number of nitrogens with zero attached hydrogens (tertiary/aromatic N) is 3. The molecule has 0 bridgehead atoms. The van der Waals surface area contributed by atoms with Crippen molar-refractivity contribution in [1.29, 1.82) is 0 Å². The predicted octanol–water partition coefficient (Wildman–Crippen LogP) is 2.05. The molecule has 1 aliphatic heterocycles. The molecule has 1 N–H and O–H groups in total. The van der Waals surface area contributed by atoms with E-state index in [0.29, 0.717) is 23.8 Å². The number of carbonyl (C=O) groups is 2. The van der Waals surface area contributed by atoms with Gasteiger partial charge < -0.3 is 14.7 Å². The number of amides is 2. The van der Waals surface area contributed by atoms with Crippen molar-refractivity contribution >= 4 is 23.4 Å². The van der Waals surface area contributed by atoms with E-state index in [-0.39, 0.29) is 35.8 Å². The third-order valence-corrected chi connectivity index (χ3v) is 4.70. The first-order chi connectivity index (χ1) is 12.3. The average molecular weight is 381 g/mol. The highest BCUT2D eigenvalue weighted by molar-refractivity contribution is 6.30. The van der Waals surface area contributed by atoms with Crippen LogP contribution in [-0.2, 0) is 16.1 Å². The van der Waals surface area contributed by atoms with Crippen LogP contribution >= 0.6 is 11.6 Å². The van der Waals surface area contributed by atoms with Gasteiger partial charge in [-0.05, 0) is 24.6 Å². The van der Waals surface area contributed by atoms with Crippen molar-refractivity contribution in [2.24, 2.45) is 5.92 Å². The lowest BCUT2D eigenvalue weighted by Crippen LogP contribution is -2.35. The monoisotopic (exact) mass is 380 g/mol. The Morgan fingerprint density at radius 1 is 1.42 bits per heavy atom. The van der Waals surface area contributed by atoms with Crippen molar-refractivity contribution in [2.75, 3.05) is 13.1 Å². The molecule has 0 spiro atoms. The summed E-state index contributed by atoms with van der Waals surface area (Å²) in [6.45, 7) is 3.97. The smallest absolute Gasteiger partial charge is 0.232 e. The van der Waals surface area contributed by atoms with Crippen molar-refractivity contribution < 1.29 is 18.5 Å². The van der Waals surface area contributed by atoms with E-state index in [1.807, 2.05) is 0 Å². The van der Waals surface area contributed by atoms with Crippen LogP contribution in [0.15, 0.2) is 22.7 Å². The van der Waals surface area contributed by atoms with Crippen LogP contribution in [0.25, 0.3) is 0 Å². The van der Waals surface area contributed by atoms with Crippen LogP contribution < -0.4 is 5.32 Å². The molecule has 1 fully saturated rings. The lowest BCUT2D eigenvalue weighted by molar-refractivity contribution is -0.128. The number of aryl methyl sites for hydroxylation is 1. The summed E-state index contributed by atoms with van der Waals surface area (Å²) in [4.78, 5) is 30.2. The zero-order valence-electron chi connectivity index (χ0n) is 14.3. The quantitative estimate of drug-likeness (QED) is 0.877. The zero-order chi connectivity index (χ0) is 18.8. The topological polar surface area (TPSA) is 88.3 Å². The maximum absolute atomic E-state index is 13.2. The Hall–Kier alpha value is -2.48. The number of hydrogen-bond acceptors (Lipinski definition) is 5. The second-order valence-electron chi connectivity index (χ2n) is 6.28. The lowest BCUT2D eigenvalue weighted by Gasteiger charge is -2.15. The summed E-state index contributed by atoms with van der Waals surface area (Å²) in [6.07, 6.45) is 0. The van der Waals surface area contributed by atoms with Crippen molar-refractivity contribution in [1.82, 2.24) is 20.4 Å². The third kappa shape index (κ3) is 3.85. The fourth-order valence-electron chi connectivity index (χ4n) is 3.01. The second kappa shape index (κ2) is 7.41. The van der Waals surface area contributed by atoms with E-state index < -0.39 is 11.7 Å². The van der Waals surface area contributed by atoms with Gasteiger partial charge in [0.25, 0.3) is 0 Å². The van der Waals surface area contributed by atoms with Crippen LogP contribution in [0, 0.1) is 18.7 Å². The standard InChI is InChI=1S/C17H18ClFN4O3/c1-9-21-17(26-22-9)13-8-23(10(2)24)7-12(13)16(25)20-6-11-3-4-15(19)14(18)5-11/h3-5,12-13H,6-8H2,1-2H3,(H,20,25)/t12-,13-/m1/s1. The maximum Gasteiger partial charge on any atom is 0.232 e. The number of halogens is 2. The maximum atomic E-state index is 13.2. The molecule has 1 saturated heterocycles.